The van der Waals surface area contributed by atoms with Crippen LogP contribution in [-0.4, -0.2) is 70.3 Å². The summed E-state index contributed by atoms with van der Waals surface area (Å²) in [6.07, 6.45) is 3.84. The van der Waals surface area contributed by atoms with Crippen LogP contribution >= 0.6 is 0 Å². The fourth-order valence-corrected chi connectivity index (χ4v) is 5.04. The van der Waals surface area contributed by atoms with Crippen LogP contribution in [-0.2, 0) is 11.3 Å². The van der Waals surface area contributed by atoms with E-state index < -0.39 is 0 Å². The van der Waals surface area contributed by atoms with E-state index in [1.165, 1.54) is 5.56 Å². The van der Waals surface area contributed by atoms with Crippen LogP contribution in [0.15, 0.2) is 41.1 Å². The predicted octanol–water partition coefficient (Wildman–Crippen LogP) is 2.87. The topological polar surface area (TPSA) is 97.1 Å². The molecule has 0 N–H and O–H groups in total. The van der Waals surface area contributed by atoms with Crippen LogP contribution in [0.3, 0.4) is 0 Å². The second kappa shape index (κ2) is 9.18. The smallest absolute Gasteiger partial charge is 0.244 e. The number of carbonyl (C=O) groups excluding carboxylic acids is 1. The van der Waals surface area contributed by atoms with Crippen LogP contribution in [0.5, 0.6) is 11.5 Å². The fourth-order valence-electron chi connectivity index (χ4n) is 5.04. The Morgan fingerprint density at radius 1 is 1.06 bits per heavy atom. The first-order valence-electron chi connectivity index (χ1n) is 12.1. The number of piperazine rings is 1. The number of amides is 1. The van der Waals surface area contributed by atoms with E-state index in [1.807, 2.05) is 29.2 Å². The zero-order chi connectivity index (χ0) is 23.8. The van der Waals surface area contributed by atoms with Gasteiger partial charge in [0.1, 0.15) is 5.82 Å². The zero-order valence-corrected chi connectivity index (χ0v) is 19.7. The summed E-state index contributed by atoms with van der Waals surface area (Å²) < 4.78 is 16.7. The quantitative estimate of drug-likeness (QED) is 0.551. The van der Waals surface area contributed by atoms with Crippen molar-refractivity contribution in [1.29, 1.82) is 0 Å². The molecule has 0 bridgehead atoms. The number of aromatic nitrogens is 3. The maximum atomic E-state index is 11.6. The van der Waals surface area contributed by atoms with Crippen molar-refractivity contribution in [2.24, 2.45) is 0 Å². The summed E-state index contributed by atoms with van der Waals surface area (Å²) in [7, 11) is 0. The third kappa shape index (κ3) is 4.41. The number of pyridine rings is 1. The van der Waals surface area contributed by atoms with Crippen molar-refractivity contribution in [1.82, 2.24) is 24.9 Å². The van der Waals surface area contributed by atoms with Crippen LogP contribution < -0.4 is 14.4 Å². The van der Waals surface area contributed by atoms with Gasteiger partial charge in [-0.05, 0) is 49.2 Å². The van der Waals surface area contributed by atoms with Crippen LogP contribution in [0, 0.1) is 0 Å². The number of fused-ring (bicyclic) bond motifs is 1. The number of rotatable bonds is 5. The monoisotopic (exact) mass is 476 g/mol. The highest BCUT2D eigenvalue weighted by Crippen LogP contribution is 2.36. The van der Waals surface area contributed by atoms with Crippen LogP contribution in [0.4, 0.5) is 5.82 Å². The summed E-state index contributed by atoms with van der Waals surface area (Å²) in [5, 5.41) is 4.29. The molecule has 0 saturated carbocycles. The second-order valence-electron chi connectivity index (χ2n) is 9.17. The van der Waals surface area contributed by atoms with Crippen molar-refractivity contribution in [3.8, 4) is 22.9 Å². The molecule has 182 valence electrons. The number of hydrogen-bond acceptors (Lipinski definition) is 9. The van der Waals surface area contributed by atoms with Gasteiger partial charge in [0, 0.05) is 51.4 Å². The minimum Gasteiger partial charge on any atom is -0.454 e. The SMILES string of the molecule is CC(=O)N1CCN(c2cc(-c3noc([C@@H]4CCCN4Cc4ccc5c(c4)OCO5)n3)ccn2)CC1. The van der Waals surface area contributed by atoms with Crippen LogP contribution in [0.1, 0.15) is 37.3 Å². The highest BCUT2D eigenvalue weighted by molar-refractivity contribution is 5.73. The Morgan fingerprint density at radius 2 is 1.91 bits per heavy atom. The van der Waals surface area contributed by atoms with E-state index in [2.05, 4.69) is 26.0 Å². The Hall–Kier alpha value is -3.66. The molecule has 1 aromatic carbocycles. The van der Waals surface area contributed by atoms with E-state index in [0.717, 1.165) is 61.9 Å². The molecular weight excluding hydrogens is 448 g/mol. The predicted molar refractivity (Wildman–Crippen MR) is 127 cm³/mol. The lowest BCUT2D eigenvalue weighted by atomic mass is 10.1. The van der Waals surface area contributed by atoms with E-state index in [9.17, 15) is 4.79 Å². The summed E-state index contributed by atoms with van der Waals surface area (Å²) in [5.74, 6) is 3.79. The molecule has 0 unspecified atom stereocenters. The number of ether oxygens (including phenoxy) is 2. The number of carbonyl (C=O) groups is 1. The van der Waals surface area contributed by atoms with E-state index in [4.69, 9.17) is 19.0 Å². The lowest BCUT2D eigenvalue weighted by Gasteiger charge is -2.34. The van der Waals surface area contributed by atoms with Gasteiger partial charge in [0.25, 0.3) is 0 Å². The lowest BCUT2D eigenvalue weighted by Crippen LogP contribution is -2.48. The largest absolute Gasteiger partial charge is 0.454 e. The Bertz CT molecular complexity index is 1220. The first-order chi connectivity index (χ1) is 17.1. The highest BCUT2D eigenvalue weighted by Gasteiger charge is 2.31. The molecule has 3 aromatic rings. The summed E-state index contributed by atoms with van der Waals surface area (Å²) in [6.45, 7) is 6.56. The summed E-state index contributed by atoms with van der Waals surface area (Å²) in [5.41, 5.74) is 2.05. The van der Waals surface area contributed by atoms with Gasteiger partial charge in [0.05, 0.1) is 6.04 Å². The Labute approximate surface area is 203 Å². The van der Waals surface area contributed by atoms with Crippen LogP contribution in [0.2, 0.25) is 0 Å². The number of hydrogen-bond donors (Lipinski definition) is 0. The normalized spacial score (nSPS) is 20.0. The number of likely N-dealkylation sites (tertiary alicyclic amines) is 1. The van der Waals surface area contributed by atoms with Gasteiger partial charge in [-0.3, -0.25) is 9.69 Å². The summed E-state index contributed by atoms with van der Waals surface area (Å²) in [4.78, 5) is 27.3. The number of nitrogens with zero attached hydrogens (tertiary/aromatic N) is 6. The van der Waals surface area contributed by atoms with Gasteiger partial charge in [-0.1, -0.05) is 11.2 Å². The molecule has 5 heterocycles. The first kappa shape index (κ1) is 21.8. The van der Waals surface area contributed by atoms with Crippen molar-refractivity contribution in [3.63, 3.8) is 0 Å². The molecular formula is C25H28N6O4. The van der Waals surface area contributed by atoms with Gasteiger partial charge >= 0.3 is 0 Å². The molecule has 2 fully saturated rings. The fraction of sp³-hybridized carbons (Fsp3) is 0.440. The van der Waals surface area contributed by atoms with Gasteiger partial charge in [0.15, 0.2) is 11.5 Å². The third-order valence-corrected chi connectivity index (χ3v) is 6.97. The van der Waals surface area contributed by atoms with Crippen molar-refractivity contribution >= 4 is 11.7 Å². The van der Waals surface area contributed by atoms with Crippen LogP contribution in [0.25, 0.3) is 11.4 Å². The van der Waals surface area contributed by atoms with E-state index in [-0.39, 0.29) is 18.7 Å². The van der Waals surface area contributed by atoms with Crippen molar-refractivity contribution < 1.29 is 18.8 Å². The van der Waals surface area contributed by atoms with Gasteiger partial charge in [-0.2, -0.15) is 4.98 Å². The van der Waals surface area contributed by atoms with Gasteiger partial charge in [-0.15, -0.1) is 0 Å². The van der Waals surface area contributed by atoms with E-state index in [1.54, 1.807) is 13.1 Å². The molecule has 3 aliphatic heterocycles. The maximum absolute atomic E-state index is 11.6. The Morgan fingerprint density at radius 3 is 2.77 bits per heavy atom. The maximum Gasteiger partial charge on any atom is 0.244 e. The zero-order valence-electron chi connectivity index (χ0n) is 19.7. The Balaban J connectivity index is 1.15. The molecule has 2 aromatic heterocycles. The van der Waals surface area contributed by atoms with E-state index in [0.29, 0.717) is 24.8 Å². The average molecular weight is 477 g/mol. The van der Waals surface area contributed by atoms with Gasteiger partial charge in [0.2, 0.25) is 24.4 Å². The lowest BCUT2D eigenvalue weighted by molar-refractivity contribution is -0.129. The minimum atomic E-state index is 0.0858. The minimum absolute atomic E-state index is 0.0858. The third-order valence-electron chi connectivity index (χ3n) is 6.97. The Kier molecular flexibility index (Phi) is 5.73. The molecule has 2 saturated heterocycles. The summed E-state index contributed by atoms with van der Waals surface area (Å²) >= 11 is 0. The highest BCUT2D eigenvalue weighted by atomic mass is 16.7. The van der Waals surface area contributed by atoms with Crippen molar-refractivity contribution in [3.05, 3.63) is 48.0 Å². The molecule has 35 heavy (non-hydrogen) atoms. The van der Waals surface area contributed by atoms with Crippen molar-refractivity contribution in [2.75, 3.05) is 44.4 Å². The molecule has 3 aliphatic rings. The van der Waals surface area contributed by atoms with Gasteiger partial charge in [-0.25, -0.2) is 4.98 Å². The first-order valence-corrected chi connectivity index (χ1v) is 12.1. The molecule has 10 nitrogen and oxygen atoms in total. The molecule has 1 atom stereocenters. The van der Waals surface area contributed by atoms with Gasteiger partial charge < -0.3 is 23.8 Å². The molecule has 1 amide bonds. The second-order valence-corrected chi connectivity index (χ2v) is 9.17. The average Bonchev–Trinajstić information content (AvgIpc) is 3.65. The molecule has 0 radical (unpaired) electrons. The van der Waals surface area contributed by atoms with Crippen molar-refractivity contribution in [2.45, 2.75) is 32.4 Å². The number of benzene rings is 1. The summed E-state index contributed by atoms with van der Waals surface area (Å²) in [6, 6.07) is 10.1. The molecule has 10 heteroatoms. The molecule has 6 rings (SSSR count). The van der Waals surface area contributed by atoms with E-state index >= 15 is 0 Å². The standard InChI is InChI=1S/C25H28N6O4/c1-17(32)29-9-11-30(12-10-29)23-14-19(6-7-26-23)24-27-25(35-28-24)20-3-2-8-31(20)15-18-4-5-21-22(13-18)34-16-33-21/h4-7,13-14,20H,2-3,8-12,15-16H2,1H3/t20-/m0/s1. The number of anilines is 1. The molecule has 0 spiro atoms. The molecule has 0 aliphatic carbocycles.